The van der Waals surface area contributed by atoms with E-state index in [1.54, 1.807) is 0 Å². The second-order valence-corrected chi connectivity index (χ2v) is 17.3. The third-order valence-corrected chi connectivity index (χ3v) is 11.7. The summed E-state index contributed by atoms with van der Waals surface area (Å²) in [5, 5.41) is 0. The molecule has 0 saturated carbocycles. The van der Waals surface area contributed by atoms with E-state index in [4.69, 9.17) is 23.7 Å². The minimum absolute atomic E-state index is 0.106. The molecule has 0 amide bonds. The molecule has 23 heteroatoms. The highest BCUT2D eigenvalue weighted by molar-refractivity contribution is 5.66. The van der Waals surface area contributed by atoms with Crippen molar-refractivity contribution in [2.45, 2.75) is 57.9 Å². The molecule has 0 aliphatic carbocycles. The van der Waals surface area contributed by atoms with Crippen molar-refractivity contribution < 1.29 is 103 Å². The highest BCUT2D eigenvalue weighted by Crippen LogP contribution is 2.41. The van der Waals surface area contributed by atoms with Gasteiger partial charge in [0.2, 0.25) is 0 Å². The lowest BCUT2D eigenvalue weighted by Crippen LogP contribution is -2.31. The van der Waals surface area contributed by atoms with Gasteiger partial charge in [-0.3, -0.25) is 0 Å². The Morgan fingerprint density at radius 3 is 1.13 bits per heavy atom. The van der Waals surface area contributed by atoms with Crippen molar-refractivity contribution in [3.05, 3.63) is 177 Å². The molecule has 0 unspecified atom stereocenters. The second-order valence-electron chi connectivity index (χ2n) is 17.3. The number of ether oxygens (including phenoxy) is 7. The fourth-order valence-corrected chi connectivity index (χ4v) is 7.93. The lowest BCUT2D eigenvalue weighted by Gasteiger charge is -2.30. The average Bonchev–Trinajstić information content (AvgIpc) is 3.35. The van der Waals surface area contributed by atoms with Crippen LogP contribution >= 0.6 is 0 Å². The number of alkyl halides is 4. The summed E-state index contributed by atoms with van der Waals surface area (Å²) in [5.41, 5.74) is -5.51. The highest BCUT2D eigenvalue weighted by Gasteiger charge is 2.43. The van der Waals surface area contributed by atoms with Gasteiger partial charge < -0.3 is 33.2 Å². The molecular weight excluding hydrogens is 1050 g/mol. The summed E-state index contributed by atoms with van der Waals surface area (Å²) in [6.45, 7) is 5.57. The molecule has 0 bridgehead atoms. The number of hydrogen-bond acceptors (Lipinski definition) is 7. The molecule has 0 N–H and O–H groups in total. The van der Waals surface area contributed by atoms with E-state index in [1.165, 1.54) is 0 Å². The summed E-state index contributed by atoms with van der Waals surface area (Å²) < 4.78 is 263. The first-order valence-corrected chi connectivity index (χ1v) is 23.1. The quantitative estimate of drug-likeness (QED) is 0.0707. The number of hydrogen-bond donors (Lipinski definition) is 0. The van der Waals surface area contributed by atoms with Crippen LogP contribution in [-0.4, -0.2) is 39.6 Å². The zero-order chi connectivity index (χ0) is 55.2. The first kappa shape index (κ1) is 57.3. The zero-order valence-electron chi connectivity index (χ0n) is 39.7. The van der Waals surface area contributed by atoms with Crippen molar-refractivity contribution in [2.75, 3.05) is 39.6 Å². The number of benzene rings is 6. The molecule has 0 atom stereocenters. The summed E-state index contributed by atoms with van der Waals surface area (Å²) in [4.78, 5) is 0. The topological polar surface area (TPSA) is 64.6 Å². The van der Waals surface area contributed by atoms with E-state index in [9.17, 15) is 70.2 Å². The Labute approximate surface area is 422 Å². The van der Waals surface area contributed by atoms with Crippen molar-refractivity contribution >= 4 is 0 Å². The molecule has 6 aromatic rings. The predicted molar refractivity (Wildman–Crippen MR) is 237 cm³/mol. The van der Waals surface area contributed by atoms with Crippen molar-refractivity contribution in [3.8, 4) is 33.8 Å². The van der Waals surface area contributed by atoms with Gasteiger partial charge in [0, 0.05) is 52.8 Å². The third-order valence-electron chi connectivity index (χ3n) is 11.7. The Hall–Kier alpha value is -6.40. The van der Waals surface area contributed by atoms with Gasteiger partial charge in [-0.1, -0.05) is 19.8 Å². The van der Waals surface area contributed by atoms with Crippen molar-refractivity contribution in [3.63, 3.8) is 0 Å². The Bertz CT molecular complexity index is 2720. The van der Waals surface area contributed by atoms with Crippen LogP contribution in [0.25, 0.3) is 22.3 Å². The largest absolute Gasteiger partial charge is 0.432 e. The van der Waals surface area contributed by atoms with Gasteiger partial charge in [0.1, 0.15) is 57.5 Å². The molecule has 6 aromatic carbocycles. The van der Waals surface area contributed by atoms with Gasteiger partial charge in [-0.2, -0.15) is 17.6 Å². The minimum atomic E-state index is -4.59. The SMILES string of the molecule is CCCCC1COC(c2cc(F)c(C(F)(F)Oc3ccc(-c4cc(F)c(F)c(F)c4)c(F)c3)c(F)c2)OC1.CCOCC1COC(c2cc(F)c(C(F)(F)Oc3ccc(-c4cc(F)c(F)c(F)c4)c(F)c3)c(F)c2)OC1. The normalized spacial score (nSPS) is 18.0. The molecule has 0 spiro atoms. The van der Waals surface area contributed by atoms with Crippen LogP contribution in [0.15, 0.2) is 84.9 Å². The van der Waals surface area contributed by atoms with Gasteiger partial charge in [-0.05, 0) is 97.3 Å². The summed E-state index contributed by atoms with van der Waals surface area (Å²) in [7, 11) is 0. The van der Waals surface area contributed by atoms with Gasteiger partial charge >= 0.3 is 12.2 Å². The Morgan fingerprint density at radius 1 is 0.447 bits per heavy atom. The molecule has 2 fully saturated rings. The Kier molecular flexibility index (Phi) is 18.3. The molecule has 0 radical (unpaired) electrons. The van der Waals surface area contributed by atoms with Crippen LogP contribution in [0, 0.1) is 81.6 Å². The molecule has 2 heterocycles. The smallest absolute Gasteiger partial charge is 0.429 e. The molecule has 7 nitrogen and oxygen atoms in total. The summed E-state index contributed by atoms with van der Waals surface area (Å²) in [5.74, 6) is -20.7. The van der Waals surface area contributed by atoms with E-state index in [0.717, 1.165) is 43.5 Å². The molecule has 0 aromatic heterocycles. The van der Waals surface area contributed by atoms with E-state index < -0.39 is 139 Å². The Morgan fingerprint density at radius 2 is 0.803 bits per heavy atom. The zero-order valence-corrected chi connectivity index (χ0v) is 39.7. The molecule has 2 saturated heterocycles. The minimum Gasteiger partial charge on any atom is -0.429 e. The van der Waals surface area contributed by atoms with Crippen molar-refractivity contribution in [2.24, 2.45) is 11.8 Å². The van der Waals surface area contributed by atoms with Crippen LogP contribution in [-0.2, 0) is 35.9 Å². The van der Waals surface area contributed by atoms with E-state index in [0.29, 0.717) is 73.9 Å². The summed E-state index contributed by atoms with van der Waals surface area (Å²) >= 11 is 0. The van der Waals surface area contributed by atoms with E-state index in [2.05, 4.69) is 9.47 Å². The standard InChI is InChI=1S/C27H22F8O3.C26H20F8O4/c1-2-3-4-14-12-36-26(37-13-14)16-9-20(29)24(21(30)10-16)27(34,35)38-17-5-6-18(19(28)11-17)15-7-22(31)25(33)23(32)8-15;1-2-35-10-13-11-36-25(37-12-13)15-7-19(28)23(20(29)8-15)26(33,34)38-16-3-4-17(18(27)9-16)14-5-21(30)24(32)22(31)6-14/h5-11,14,26H,2-4,12-13H2,1H3;3-9,13,25H,2,10-12H2,1H3. The van der Waals surface area contributed by atoms with Crippen molar-refractivity contribution in [1.29, 1.82) is 0 Å². The van der Waals surface area contributed by atoms with Gasteiger partial charge in [-0.15, -0.1) is 0 Å². The molecule has 408 valence electrons. The second kappa shape index (κ2) is 24.3. The maximum absolute atomic E-state index is 14.8. The van der Waals surface area contributed by atoms with Crippen LogP contribution in [0.5, 0.6) is 11.5 Å². The van der Waals surface area contributed by atoms with Crippen LogP contribution < -0.4 is 9.47 Å². The van der Waals surface area contributed by atoms with Crippen molar-refractivity contribution in [1.82, 2.24) is 0 Å². The fraction of sp³-hybridized carbons (Fsp3) is 0.321. The van der Waals surface area contributed by atoms with Crippen LogP contribution in [0.1, 0.15) is 67.9 Å². The van der Waals surface area contributed by atoms with Gasteiger partial charge in [0.05, 0.1) is 33.0 Å². The first-order chi connectivity index (χ1) is 36.0. The number of unbranched alkanes of at least 4 members (excludes halogenated alkanes) is 1. The lowest BCUT2D eigenvalue weighted by atomic mass is 10.0. The fourth-order valence-electron chi connectivity index (χ4n) is 7.93. The first-order valence-electron chi connectivity index (χ1n) is 23.1. The third kappa shape index (κ3) is 13.4. The molecule has 2 aliphatic rings. The van der Waals surface area contributed by atoms with Gasteiger partial charge in [-0.25, -0.2) is 52.7 Å². The van der Waals surface area contributed by atoms with Gasteiger partial charge in [0.15, 0.2) is 47.5 Å². The average molecular weight is 1090 g/mol. The molecule has 76 heavy (non-hydrogen) atoms. The van der Waals surface area contributed by atoms with Gasteiger partial charge in [0.25, 0.3) is 0 Å². The summed E-state index contributed by atoms with van der Waals surface area (Å²) in [6, 6.07) is 8.71. The molecule has 8 rings (SSSR count). The van der Waals surface area contributed by atoms with E-state index in [-0.39, 0.29) is 49.4 Å². The highest BCUT2D eigenvalue weighted by atomic mass is 19.3. The Balaban J connectivity index is 0.000000221. The van der Waals surface area contributed by atoms with Crippen LogP contribution in [0.3, 0.4) is 0 Å². The van der Waals surface area contributed by atoms with Crippen LogP contribution in [0.4, 0.5) is 70.2 Å². The van der Waals surface area contributed by atoms with Crippen LogP contribution in [0.2, 0.25) is 0 Å². The van der Waals surface area contributed by atoms with E-state index >= 15 is 0 Å². The maximum Gasteiger partial charge on any atom is 0.432 e. The predicted octanol–water partition coefficient (Wildman–Crippen LogP) is 15.2. The number of halogens is 16. The monoisotopic (exact) mass is 1090 g/mol. The molecule has 2 aliphatic heterocycles. The maximum atomic E-state index is 14.8. The summed E-state index contributed by atoms with van der Waals surface area (Å²) in [6.07, 6.45) is -8.69. The molecular formula is C53H42F16O7. The van der Waals surface area contributed by atoms with E-state index in [1.807, 2.05) is 13.8 Å². The number of rotatable bonds is 16. The lowest BCUT2D eigenvalue weighted by molar-refractivity contribution is -0.212.